The summed E-state index contributed by atoms with van der Waals surface area (Å²) in [6.07, 6.45) is 16.3. The average molecular weight is 708 g/mol. The van der Waals surface area contributed by atoms with Crippen molar-refractivity contribution in [3.63, 3.8) is 0 Å². The fourth-order valence-corrected chi connectivity index (χ4v) is 7.94. The maximum Gasteiger partial charge on any atom is 0.293 e. The summed E-state index contributed by atoms with van der Waals surface area (Å²) in [4.78, 5) is 32.4. The summed E-state index contributed by atoms with van der Waals surface area (Å²) < 4.78 is 3.15. The number of benzene rings is 2. The van der Waals surface area contributed by atoms with Gasteiger partial charge < -0.3 is 24.2 Å². The van der Waals surface area contributed by atoms with Crippen molar-refractivity contribution in [1.82, 2.24) is 23.8 Å². The predicted molar refractivity (Wildman–Crippen MR) is 208 cm³/mol. The molecule has 0 unspecified atom stereocenters. The lowest BCUT2D eigenvalue weighted by Crippen LogP contribution is -2.46. The molecule has 0 atom stereocenters. The van der Waals surface area contributed by atoms with Gasteiger partial charge in [-0.15, -0.1) is 0 Å². The van der Waals surface area contributed by atoms with Crippen LogP contribution in [-0.2, 0) is 26.2 Å². The quantitative estimate of drug-likeness (QED) is 0.208. The zero-order valence-electron chi connectivity index (χ0n) is 30.7. The Hall–Kier alpha value is -4.18. The smallest absolute Gasteiger partial charge is 0.293 e. The monoisotopic (exact) mass is 707 g/mol. The SMILES string of the molecule is O=c1c(O)c(CN2CCC(N3CCCCC3)CC2)ccn1Cc1ccccc1.O=c1c(O)c(CN2CCCCCCC2)ccn1Cc1ccccc1. The Kier molecular flexibility index (Phi) is 13.8. The molecule has 3 fully saturated rings. The number of piperidine rings is 2. The van der Waals surface area contributed by atoms with E-state index in [1.165, 1.54) is 77.3 Å². The zero-order valence-corrected chi connectivity index (χ0v) is 30.7. The Morgan fingerprint density at radius 3 is 1.37 bits per heavy atom. The lowest BCUT2D eigenvalue weighted by Gasteiger charge is -2.40. The molecule has 9 nitrogen and oxygen atoms in total. The molecule has 0 radical (unpaired) electrons. The maximum absolute atomic E-state index is 12.6. The third-order valence-corrected chi connectivity index (χ3v) is 11.0. The fourth-order valence-electron chi connectivity index (χ4n) is 7.94. The summed E-state index contributed by atoms with van der Waals surface area (Å²) in [6, 6.07) is 24.2. The highest BCUT2D eigenvalue weighted by molar-refractivity contribution is 5.31. The van der Waals surface area contributed by atoms with Crippen LogP contribution in [0.2, 0.25) is 0 Å². The van der Waals surface area contributed by atoms with Crippen LogP contribution in [0.5, 0.6) is 11.5 Å². The number of rotatable bonds is 9. The van der Waals surface area contributed by atoms with Crippen LogP contribution in [0.3, 0.4) is 0 Å². The Morgan fingerprint density at radius 2 is 0.885 bits per heavy atom. The normalized spacial score (nSPS) is 18.2. The number of hydrogen-bond acceptors (Lipinski definition) is 7. The molecular formula is C43H57N5O4. The average Bonchev–Trinajstić information content (AvgIpc) is 3.17. The molecule has 0 amide bonds. The molecule has 52 heavy (non-hydrogen) atoms. The van der Waals surface area contributed by atoms with E-state index >= 15 is 0 Å². The van der Waals surface area contributed by atoms with Crippen molar-refractivity contribution in [1.29, 1.82) is 0 Å². The van der Waals surface area contributed by atoms with Gasteiger partial charge in [-0.05, 0) is 101 Å². The third kappa shape index (κ3) is 10.5. The van der Waals surface area contributed by atoms with Crippen molar-refractivity contribution in [2.75, 3.05) is 39.3 Å². The summed E-state index contributed by atoms with van der Waals surface area (Å²) in [5, 5.41) is 20.8. The van der Waals surface area contributed by atoms with E-state index in [-0.39, 0.29) is 22.6 Å². The van der Waals surface area contributed by atoms with E-state index in [1.807, 2.05) is 79.0 Å². The number of likely N-dealkylation sites (tertiary alicyclic amines) is 3. The Morgan fingerprint density at radius 1 is 0.481 bits per heavy atom. The van der Waals surface area contributed by atoms with Crippen LogP contribution in [0.4, 0.5) is 0 Å². The minimum Gasteiger partial charge on any atom is -0.503 e. The summed E-state index contributed by atoms with van der Waals surface area (Å²) in [5.41, 5.74) is 2.98. The second kappa shape index (κ2) is 19.1. The number of aromatic hydroxyl groups is 2. The first-order chi connectivity index (χ1) is 25.4. The van der Waals surface area contributed by atoms with Crippen molar-refractivity contribution >= 4 is 0 Å². The predicted octanol–water partition coefficient (Wildman–Crippen LogP) is 6.42. The molecule has 278 valence electrons. The second-order valence-electron chi connectivity index (χ2n) is 14.9. The van der Waals surface area contributed by atoms with E-state index < -0.39 is 0 Å². The second-order valence-corrected chi connectivity index (χ2v) is 14.9. The van der Waals surface area contributed by atoms with Gasteiger partial charge in [-0.25, -0.2) is 0 Å². The maximum atomic E-state index is 12.6. The Labute approximate surface area is 308 Å². The van der Waals surface area contributed by atoms with Crippen LogP contribution in [-0.4, -0.2) is 79.4 Å². The van der Waals surface area contributed by atoms with Crippen LogP contribution in [0.1, 0.15) is 86.5 Å². The minimum absolute atomic E-state index is 0.100. The van der Waals surface area contributed by atoms with Gasteiger partial charge in [-0.1, -0.05) is 86.3 Å². The zero-order chi connectivity index (χ0) is 36.1. The summed E-state index contributed by atoms with van der Waals surface area (Å²) >= 11 is 0. The highest BCUT2D eigenvalue weighted by Gasteiger charge is 2.26. The molecule has 5 heterocycles. The van der Waals surface area contributed by atoms with Gasteiger partial charge in [0.25, 0.3) is 11.1 Å². The first-order valence-electron chi connectivity index (χ1n) is 19.5. The third-order valence-electron chi connectivity index (χ3n) is 11.0. The lowest BCUT2D eigenvalue weighted by atomic mass is 9.99. The molecule has 3 aliphatic heterocycles. The molecule has 3 saturated heterocycles. The molecule has 0 bridgehead atoms. The van der Waals surface area contributed by atoms with Crippen molar-refractivity contribution in [3.05, 3.63) is 128 Å². The molecule has 2 N–H and O–H groups in total. The van der Waals surface area contributed by atoms with Gasteiger partial charge in [0.1, 0.15) is 0 Å². The summed E-state index contributed by atoms with van der Waals surface area (Å²) in [6.45, 7) is 8.95. The van der Waals surface area contributed by atoms with E-state index in [0.717, 1.165) is 48.4 Å². The number of hydrogen-bond donors (Lipinski definition) is 2. The first kappa shape index (κ1) is 37.6. The highest BCUT2D eigenvalue weighted by Crippen LogP contribution is 2.23. The first-order valence-corrected chi connectivity index (χ1v) is 19.5. The van der Waals surface area contributed by atoms with E-state index in [2.05, 4.69) is 14.7 Å². The molecule has 0 aliphatic carbocycles. The molecule has 9 heteroatoms. The van der Waals surface area contributed by atoms with Gasteiger partial charge >= 0.3 is 0 Å². The summed E-state index contributed by atoms with van der Waals surface area (Å²) in [5.74, 6) is -0.202. The standard InChI is InChI=1S/C23H31N3O2.C20H26N2O2/c27-22-20(9-16-26(23(22)28)17-19-7-3-1-4-8-19)18-24-14-10-21(11-15-24)25-12-5-2-6-13-25;23-19-18(16-21-12-7-2-1-3-8-13-21)11-14-22(20(19)24)15-17-9-5-4-6-10-17/h1,3-4,7-9,16,21,27H,2,5-6,10-15,17-18H2;4-6,9-11,14,23H,1-3,7-8,12-13,15-16H2. The molecule has 2 aromatic carbocycles. The summed E-state index contributed by atoms with van der Waals surface area (Å²) in [7, 11) is 0. The lowest BCUT2D eigenvalue weighted by molar-refractivity contribution is 0.0893. The largest absolute Gasteiger partial charge is 0.503 e. The van der Waals surface area contributed by atoms with Crippen molar-refractivity contribution in [2.24, 2.45) is 0 Å². The molecule has 0 spiro atoms. The van der Waals surface area contributed by atoms with Crippen LogP contribution in [0.15, 0.2) is 94.8 Å². The van der Waals surface area contributed by atoms with Crippen LogP contribution >= 0.6 is 0 Å². The topological polar surface area (TPSA) is 94.2 Å². The fraction of sp³-hybridized carbons (Fsp3) is 0.488. The van der Waals surface area contributed by atoms with Crippen molar-refractivity contribution in [3.8, 4) is 11.5 Å². The van der Waals surface area contributed by atoms with Gasteiger partial charge in [0.15, 0.2) is 11.5 Å². The van der Waals surface area contributed by atoms with Crippen LogP contribution in [0.25, 0.3) is 0 Å². The molecule has 2 aromatic heterocycles. The van der Waals surface area contributed by atoms with E-state index in [4.69, 9.17) is 0 Å². The number of nitrogens with zero attached hydrogens (tertiary/aromatic N) is 5. The van der Waals surface area contributed by atoms with Crippen molar-refractivity contribution < 1.29 is 10.2 Å². The van der Waals surface area contributed by atoms with Crippen molar-refractivity contribution in [2.45, 2.75) is 96.4 Å². The molecule has 0 saturated carbocycles. The Bertz CT molecular complexity index is 1790. The Balaban J connectivity index is 0.000000181. The highest BCUT2D eigenvalue weighted by atomic mass is 16.3. The molecule has 3 aliphatic rings. The number of aromatic nitrogens is 2. The van der Waals surface area contributed by atoms with E-state index in [0.29, 0.717) is 32.2 Å². The minimum atomic E-state index is -0.302. The molecule has 4 aromatic rings. The van der Waals surface area contributed by atoms with Gasteiger partial charge in [0.2, 0.25) is 0 Å². The van der Waals surface area contributed by atoms with Gasteiger partial charge in [-0.2, -0.15) is 0 Å². The van der Waals surface area contributed by atoms with Gasteiger partial charge in [-0.3, -0.25) is 19.4 Å². The van der Waals surface area contributed by atoms with E-state index in [1.54, 1.807) is 15.3 Å². The van der Waals surface area contributed by atoms with Crippen LogP contribution in [0, 0.1) is 0 Å². The van der Waals surface area contributed by atoms with Gasteiger partial charge in [0.05, 0.1) is 13.1 Å². The molecule has 7 rings (SSSR count). The van der Waals surface area contributed by atoms with Gasteiger partial charge in [0, 0.05) is 42.7 Å². The van der Waals surface area contributed by atoms with E-state index in [9.17, 15) is 19.8 Å². The van der Waals surface area contributed by atoms with Crippen LogP contribution < -0.4 is 11.1 Å². The molecular weight excluding hydrogens is 651 g/mol. The number of pyridine rings is 2.